The smallest absolute Gasteiger partial charge is 0.137 e. The number of carbonyl (C=O) groups is 1. The molecule has 1 aliphatic carbocycles. The lowest BCUT2D eigenvalue weighted by Gasteiger charge is -2.28. The standard InChI is InChI=1S/C18H25NO/c1-13-8-9-15(11-14(13)2)12-19-10-4-6-17(19)16-5-3-7-18(16)20/h8-9,11,16-17H,3-7,10,12H2,1-2H3. The van der Waals surface area contributed by atoms with E-state index in [0.29, 0.717) is 17.7 Å². The van der Waals surface area contributed by atoms with Crippen molar-refractivity contribution in [3.63, 3.8) is 0 Å². The van der Waals surface area contributed by atoms with Gasteiger partial charge in [-0.3, -0.25) is 9.69 Å². The highest BCUT2D eigenvalue weighted by atomic mass is 16.1. The van der Waals surface area contributed by atoms with Gasteiger partial charge in [0.1, 0.15) is 5.78 Å². The molecule has 0 amide bonds. The Hall–Kier alpha value is -1.15. The van der Waals surface area contributed by atoms with E-state index >= 15 is 0 Å². The molecule has 20 heavy (non-hydrogen) atoms. The first kappa shape index (κ1) is 13.8. The van der Waals surface area contributed by atoms with Gasteiger partial charge in [0.2, 0.25) is 0 Å². The minimum absolute atomic E-state index is 0.323. The summed E-state index contributed by atoms with van der Waals surface area (Å²) >= 11 is 0. The monoisotopic (exact) mass is 271 g/mol. The molecule has 1 aromatic rings. The van der Waals surface area contributed by atoms with Crippen LogP contribution in [0.1, 0.15) is 48.8 Å². The quantitative estimate of drug-likeness (QED) is 0.836. The fourth-order valence-corrected chi connectivity index (χ4v) is 3.89. The van der Waals surface area contributed by atoms with Gasteiger partial charge in [0.05, 0.1) is 0 Å². The molecule has 0 spiro atoms. The molecule has 2 aliphatic rings. The van der Waals surface area contributed by atoms with Gasteiger partial charge >= 0.3 is 0 Å². The number of benzene rings is 1. The highest BCUT2D eigenvalue weighted by Crippen LogP contribution is 2.34. The van der Waals surface area contributed by atoms with Crippen LogP contribution in [0.25, 0.3) is 0 Å². The van der Waals surface area contributed by atoms with Crippen molar-refractivity contribution in [1.82, 2.24) is 4.90 Å². The van der Waals surface area contributed by atoms with Crippen LogP contribution in [0, 0.1) is 19.8 Å². The normalized spacial score (nSPS) is 27.4. The number of Topliss-reactive ketones (excluding diaryl/α,β-unsaturated/α-hetero) is 1. The van der Waals surface area contributed by atoms with Crippen molar-refractivity contribution in [2.75, 3.05) is 6.54 Å². The lowest BCUT2D eigenvalue weighted by atomic mass is 9.94. The SMILES string of the molecule is Cc1ccc(CN2CCCC2C2CCCC2=O)cc1C. The Morgan fingerprint density at radius 3 is 2.70 bits per heavy atom. The second-order valence-corrected chi connectivity index (χ2v) is 6.56. The minimum Gasteiger partial charge on any atom is -0.299 e. The molecule has 0 N–H and O–H groups in total. The van der Waals surface area contributed by atoms with E-state index in [4.69, 9.17) is 0 Å². The van der Waals surface area contributed by atoms with E-state index in [1.165, 1.54) is 29.5 Å². The second kappa shape index (κ2) is 5.69. The first-order valence-corrected chi connectivity index (χ1v) is 7.98. The van der Waals surface area contributed by atoms with Crippen molar-refractivity contribution < 1.29 is 4.79 Å². The lowest BCUT2D eigenvalue weighted by molar-refractivity contribution is -0.122. The molecule has 0 radical (unpaired) electrons. The number of carbonyl (C=O) groups excluding carboxylic acids is 1. The summed E-state index contributed by atoms with van der Waals surface area (Å²) in [5.41, 5.74) is 4.12. The third kappa shape index (κ3) is 2.67. The van der Waals surface area contributed by atoms with Crippen molar-refractivity contribution >= 4 is 5.78 Å². The van der Waals surface area contributed by atoms with Gasteiger partial charge in [-0.1, -0.05) is 18.2 Å². The number of hydrogen-bond acceptors (Lipinski definition) is 2. The van der Waals surface area contributed by atoms with Crippen LogP contribution < -0.4 is 0 Å². The zero-order valence-electron chi connectivity index (χ0n) is 12.7. The molecule has 1 heterocycles. The van der Waals surface area contributed by atoms with Crippen LogP contribution in [0.2, 0.25) is 0 Å². The summed E-state index contributed by atoms with van der Waals surface area (Å²) in [6.45, 7) is 6.51. The fraction of sp³-hybridized carbons (Fsp3) is 0.611. The van der Waals surface area contributed by atoms with Crippen LogP contribution in [-0.4, -0.2) is 23.3 Å². The summed E-state index contributed by atoms with van der Waals surface area (Å²) in [7, 11) is 0. The molecule has 1 saturated heterocycles. The zero-order valence-corrected chi connectivity index (χ0v) is 12.7. The van der Waals surface area contributed by atoms with Gasteiger partial charge in [0.25, 0.3) is 0 Å². The number of ketones is 1. The molecule has 1 saturated carbocycles. The van der Waals surface area contributed by atoms with Crippen LogP contribution in [0.4, 0.5) is 0 Å². The summed E-state index contributed by atoms with van der Waals surface area (Å²) in [5.74, 6) is 0.839. The predicted molar refractivity (Wildman–Crippen MR) is 81.7 cm³/mol. The molecule has 0 bridgehead atoms. The average Bonchev–Trinajstić information content (AvgIpc) is 3.02. The molecule has 2 heteroatoms. The van der Waals surface area contributed by atoms with E-state index in [1.54, 1.807) is 0 Å². The Labute approximate surface area is 122 Å². The summed E-state index contributed by atoms with van der Waals surface area (Å²) < 4.78 is 0. The summed E-state index contributed by atoms with van der Waals surface area (Å²) in [4.78, 5) is 14.6. The summed E-state index contributed by atoms with van der Waals surface area (Å²) in [5, 5.41) is 0. The second-order valence-electron chi connectivity index (χ2n) is 6.56. The molecule has 3 rings (SSSR count). The van der Waals surface area contributed by atoms with E-state index in [9.17, 15) is 4.79 Å². The number of aryl methyl sites for hydroxylation is 2. The summed E-state index contributed by atoms with van der Waals surface area (Å²) in [6, 6.07) is 7.28. The van der Waals surface area contributed by atoms with Crippen LogP contribution >= 0.6 is 0 Å². The Kier molecular flexibility index (Phi) is 3.93. The van der Waals surface area contributed by atoms with Crippen molar-refractivity contribution in [3.8, 4) is 0 Å². The van der Waals surface area contributed by atoms with Gasteiger partial charge in [0, 0.05) is 24.9 Å². The topological polar surface area (TPSA) is 20.3 Å². The van der Waals surface area contributed by atoms with Crippen molar-refractivity contribution in [1.29, 1.82) is 0 Å². The number of rotatable bonds is 3. The van der Waals surface area contributed by atoms with E-state index in [1.807, 2.05) is 0 Å². The molecular weight excluding hydrogens is 246 g/mol. The van der Waals surface area contributed by atoms with E-state index in [2.05, 4.69) is 36.9 Å². The molecular formula is C18H25NO. The van der Waals surface area contributed by atoms with Gasteiger partial charge < -0.3 is 0 Å². The third-order valence-electron chi connectivity index (χ3n) is 5.19. The molecule has 2 unspecified atom stereocenters. The highest BCUT2D eigenvalue weighted by Gasteiger charge is 2.37. The molecule has 1 aromatic carbocycles. The molecule has 108 valence electrons. The lowest BCUT2D eigenvalue weighted by Crippen LogP contribution is -2.37. The van der Waals surface area contributed by atoms with Crippen molar-refractivity contribution in [2.45, 2.75) is 58.5 Å². The maximum absolute atomic E-state index is 12.0. The molecule has 2 atom stereocenters. The van der Waals surface area contributed by atoms with Gasteiger partial charge in [0.15, 0.2) is 0 Å². The number of hydrogen-bond donors (Lipinski definition) is 0. The first-order valence-electron chi connectivity index (χ1n) is 7.98. The van der Waals surface area contributed by atoms with Crippen molar-refractivity contribution in [3.05, 3.63) is 34.9 Å². The van der Waals surface area contributed by atoms with Crippen LogP contribution in [0.5, 0.6) is 0 Å². The fourth-order valence-electron chi connectivity index (χ4n) is 3.89. The first-order chi connectivity index (χ1) is 9.65. The predicted octanol–water partition coefficient (Wildman–Crippen LogP) is 3.64. The maximum atomic E-state index is 12.0. The maximum Gasteiger partial charge on any atom is 0.137 e. The van der Waals surface area contributed by atoms with E-state index in [-0.39, 0.29) is 0 Å². The molecule has 2 fully saturated rings. The Bertz CT molecular complexity index is 508. The van der Waals surface area contributed by atoms with E-state index < -0.39 is 0 Å². The van der Waals surface area contributed by atoms with Gasteiger partial charge in [-0.2, -0.15) is 0 Å². The summed E-state index contributed by atoms with van der Waals surface area (Å²) in [6.07, 6.45) is 5.50. The largest absolute Gasteiger partial charge is 0.299 e. The minimum atomic E-state index is 0.323. The van der Waals surface area contributed by atoms with Gasteiger partial charge in [-0.15, -0.1) is 0 Å². The molecule has 0 aromatic heterocycles. The van der Waals surface area contributed by atoms with Crippen LogP contribution in [0.3, 0.4) is 0 Å². The van der Waals surface area contributed by atoms with E-state index in [0.717, 1.165) is 32.4 Å². The Morgan fingerprint density at radius 1 is 1.15 bits per heavy atom. The zero-order chi connectivity index (χ0) is 14.1. The molecule has 2 nitrogen and oxygen atoms in total. The number of nitrogens with zero attached hydrogens (tertiary/aromatic N) is 1. The Balaban J connectivity index is 1.72. The average molecular weight is 271 g/mol. The van der Waals surface area contributed by atoms with Gasteiger partial charge in [-0.25, -0.2) is 0 Å². The van der Waals surface area contributed by atoms with Crippen LogP contribution in [0.15, 0.2) is 18.2 Å². The van der Waals surface area contributed by atoms with Crippen LogP contribution in [-0.2, 0) is 11.3 Å². The Morgan fingerprint density at radius 2 is 2.00 bits per heavy atom. The van der Waals surface area contributed by atoms with Crippen molar-refractivity contribution in [2.24, 2.45) is 5.92 Å². The third-order valence-corrected chi connectivity index (χ3v) is 5.19. The molecule has 1 aliphatic heterocycles. The highest BCUT2D eigenvalue weighted by molar-refractivity contribution is 5.83. The van der Waals surface area contributed by atoms with Gasteiger partial charge in [-0.05, 0) is 62.8 Å². The number of likely N-dealkylation sites (tertiary alicyclic amines) is 1.